The van der Waals surface area contributed by atoms with Crippen LogP contribution in [0.15, 0.2) is 55.1 Å². The molecule has 1 aliphatic carbocycles. The highest BCUT2D eigenvalue weighted by Gasteiger charge is 2.47. The molecule has 1 aromatic carbocycles. The van der Waals surface area contributed by atoms with E-state index in [1.54, 1.807) is 18.5 Å². The van der Waals surface area contributed by atoms with Gasteiger partial charge in [-0.15, -0.1) is 0 Å². The van der Waals surface area contributed by atoms with Crippen LogP contribution in [-0.2, 0) is 11.8 Å². The number of nitrogens with zero attached hydrogens (tertiary/aromatic N) is 6. The summed E-state index contributed by atoms with van der Waals surface area (Å²) in [5.74, 6) is 1.08. The van der Waals surface area contributed by atoms with Gasteiger partial charge in [0.25, 0.3) is 0 Å². The average molecular weight is 540 g/mol. The normalized spacial score (nSPS) is 16.5. The maximum atomic E-state index is 12.5. The first kappa shape index (κ1) is 25.8. The number of nitrogens with two attached hydrogens (primary N) is 1. The Morgan fingerprint density at radius 3 is 2.42 bits per heavy atom. The number of benzene rings is 1. The zero-order chi connectivity index (χ0) is 28.1. The first-order valence-electron chi connectivity index (χ1n) is 13.4. The third-order valence-corrected chi connectivity index (χ3v) is 7.61. The van der Waals surface area contributed by atoms with E-state index in [0.717, 1.165) is 60.2 Å². The highest BCUT2D eigenvalue weighted by atomic mass is 16.6. The van der Waals surface area contributed by atoms with Crippen molar-refractivity contribution in [2.24, 2.45) is 12.5 Å². The summed E-state index contributed by atoms with van der Waals surface area (Å²) in [7, 11) is 2.02. The second-order valence-electron chi connectivity index (χ2n) is 11.7. The number of amides is 1. The third-order valence-electron chi connectivity index (χ3n) is 7.61. The number of anilines is 1. The van der Waals surface area contributed by atoms with Crippen LogP contribution in [0.4, 0.5) is 10.6 Å². The fourth-order valence-corrected chi connectivity index (χ4v) is 5.73. The number of rotatable bonds is 4. The van der Waals surface area contributed by atoms with Gasteiger partial charge in [-0.25, -0.2) is 24.7 Å². The van der Waals surface area contributed by atoms with Gasteiger partial charge < -0.3 is 24.7 Å². The number of aryl methyl sites for hydroxylation is 1. The van der Waals surface area contributed by atoms with Gasteiger partial charge in [0.15, 0.2) is 0 Å². The minimum absolute atomic E-state index is 0.0997. The van der Waals surface area contributed by atoms with Gasteiger partial charge in [0.1, 0.15) is 29.1 Å². The van der Waals surface area contributed by atoms with E-state index in [-0.39, 0.29) is 11.5 Å². The number of hydrogen-bond donors (Lipinski definition) is 1. The fourth-order valence-electron chi connectivity index (χ4n) is 5.73. The number of allylic oxidation sites excluding steroid dienone is 2. The summed E-state index contributed by atoms with van der Waals surface area (Å²) in [6.45, 7) is 7.13. The summed E-state index contributed by atoms with van der Waals surface area (Å²) < 4.78 is 13.5. The van der Waals surface area contributed by atoms with E-state index in [0.29, 0.717) is 17.6 Å². The first-order valence-corrected chi connectivity index (χ1v) is 13.4. The highest BCUT2D eigenvalue weighted by Crippen LogP contribution is 2.48. The Hall–Kier alpha value is -4.47. The number of nitrogen functional groups attached to an aromatic ring is 1. The lowest BCUT2D eigenvalue weighted by Gasteiger charge is -2.51. The van der Waals surface area contributed by atoms with Gasteiger partial charge in [-0.05, 0) is 69.4 Å². The minimum Gasteiger partial charge on any atom is -0.444 e. The largest absolute Gasteiger partial charge is 0.444 e. The maximum Gasteiger partial charge on any atom is 0.410 e. The van der Waals surface area contributed by atoms with Crippen LogP contribution in [0.1, 0.15) is 45.7 Å². The van der Waals surface area contributed by atoms with Crippen molar-refractivity contribution in [1.82, 2.24) is 29.4 Å². The molecule has 0 radical (unpaired) electrons. The standard InChI is InChI=1S/C30H33N7O3/c1-29(2,3)40-28(38)37-16-30(17-37)12-10-20(11-13-30)24-22(23-25(31)34-18-35-26(23)36(24)4)19-6-8-21(9-7-19)39-27-32-14-5-15-33-27/h5-10,14-15,18H,11-13,16-17H2,1-4H3,(H2,31,34,35). The monoisotopic (exact) mass is 539 g/mol. The van der Waals surface area contributed by atoms with Gasteiger partial charge in [-0.1, -0.05) is 18.2 Å². The molecule has 206 valence electrons. The smallest absolute Gasteiger partial charge is 0.410 e. The summed E-state index contributed by atoms with van der Waals surface area (Å²) in [6, 6.07) is 9.86. The Labute approximate surface area is 232 Å². The molecule has 1 spiro atoms. The molecule has 10 nitrogen and oxygen atoms in total. The first-order chi connectivity index (χ1) is 19.1. The zero-order valence-electron chi connectivity index (χ0n) is 23.2. The number of carbonyl (C=O) groups is 1. The van der Waals surface area contributed by atoms with Gasteiger partial charge in [0, 0.05) is 43.5 Å². The van der Waals surface area contributed by atoms with Crippen LogP contribution in [0.2, 0.25) is 0 Å². The lowest BCUT2D eigenvalue weighted by atomic mass is 9.69. The van der Waals surface area contributed by atoms with E-state index >= 15 is 0 Å². The molecule has 0 bridgehead atoms. The summed E-state index contributed by atoms with van der Waals surface area (Å²) in [5.41, 5.74) is 11.1. The lowest BCUT2D eigenvalue weighted by molar-refractivity contribution is -0.0371. The number of aromatic nitrogens is 5. The predicted molar refractivity (Wildman–Crippen MR) is 153 cm³/mol. The van der Waals surface area contributed by atoms with Crippen LogP contribution in [0, 0.1) is 5.41 Å². The van der Waals surface area contributed by atoms with Crippen molar-refractivity contribution in [2.45, 2.75) is 45.6 Å². The number of likely N-dealkylation sites (tertiary alicyclic amines) is 1. The Balaban J connectivity index is 1.30. The van der Waals surface area contributed by atoms with Gasteiger partial charge in [0.2, 0.25) is 0 Å². The molecule has 2 aliphatic rings. The SMILES string of the molecule is Cn1c(C2=CCC3(CC2)CN(C(=O)OC(C)(C)C)C3)c(-c2ccc(Oc3ncccn3)cc2)c2c(N)ncnc21. The number of ether oxygens (including phenoxy) is 2. The van der Waals surface area contributed by atoms with Crippen LogP contribution < -0.4 is 10.5 Å². The molecule has 0 saturated carbocycles. The second-order valence-corrected chi connectivity index (χ2v) is 11.7. The van der Waals surface area contributed by atoms with Crippen molar-refractivity contribution in [1.29, 1.82) is 0 Å². The van der Waals surface area contributed by atoms with E-state index in [1.807, 2.05) is 57.0 Å². The van der Waals surface area contributed by atoms with Gasteiger partial charge >= 0.3 is 12.1 Å². The molecule has 0 unspecified atom stereocenters. The molecular weight excluding hydrogens is 506 g/mol. The van der Waals surface area contributed by atoms with E-state index in [9.17, 15) is 4.79 Å². The molecule has 6 rings (SSSR count). The predicted octanol–water partition coefficient (Wildman–Crippen LogP) is 5.60. The van der Waals surface area contributed by atoms with Crippen molar-refractivity contribution in [3.05, 3.63) is 60.8 Å². The van der Waals surface area contributed by atoms with Crippen molar-refractivity contribution in [3.8, 4) is 22.9 Å². The maximum absolute atomic E-state index is 12.5. The van der Waals surface area contributed by atoms with Crippen LogP contribution in [0.5, 0.6) is 11.8 Å². The van der Waals surface area contributed by atoms with Gasteiger partial charge in [-0.3, -0.25) is 0 Å². The molecule has 1 amide bonds. The fraction of sp³-hybridized carbons (Fsp3) is 0.367. The highest BCUT2D eigenvalue weighted by molar-refractivity contribution is 6.06. The molecule has 1 fully saturated rings. The van der Waals surface area contributed by atoms with E-state index in [1.165, 1.54) is 11.9 Å². The van der Waals surface area contributed by atoms with Gasteiger partial charge in [0.05, 0.1) is 11.1 Å². The zero-order valence-corrected chi connectivity index (χ0v) is 23.2. The van der Waals surface area contributed by atoms with Gasteiger partial charge in [-0.2, -0.15) is 0 Å². The summed E-state index contributed by atoms with van der Waals surface area (Å²) >= 11 is 0. The minimum atomic E-state index is -0.491. The second kappa shape index (κ2) is 9.62. The molecule has 2 N–H and O–H groups in total. The number of fused-ring (bicyclic) bond motifs is 1. The van der Waals surface area contributed by atoms with Crippen molar-refractivity contribution in [3.63, 3.8) is 0 Å². The summed E-state index contributed by atoms with van der Waals surface area (Å²) in [5, 5.41) is 0.834. The molecule has 3 aromatic heterocycles. The van der Waals surface area contributed by atoms with E-state index < -0.39 is 5.60 Å². The molecule has 4 heterocycles. The Morgan fingerprint density at radius 2 is 1.77 bits per heavy atom. The van der Waals surface area contributed by atoms with E-state index in [2.05, 4.69) is 30.6 Å². The number of hydrogen-bond acceptors (Lipinski definition) is 8. The molecule has 4 aromatic rings. The van der Waals surface area contributed by atoms with Crippen LogP contribution in [0.3, 0.4) is 0 Å². The summed E-state index contributed by atoms with van der Waals surface area (Å²) in [6.07, 6.45) is 9.65. The third kappa shape index (κ3) is 4.74. The molecule has 1 aliphatic heterocycles. The quantitative estimate of drug-likeness (QED) is 0.355. The van der Waals surface area contributed by atoms with Crippen LogP contribution in [-0.4, -0.2) is 54.2 Å². The molecule has 40 heavy (non-hydrogen) atoms. The van der Waals surface area contributed by atoms with Crippen LogP contribution >= 0.6 is 0 Å². The molecule has 1 saturated heterocycles. The Morgan fingerprint density at radius 1 is 1.05 bits per heavy atom. The van der Waals surface area contributed by atoms with E-state index in [4.69, 9.17) is 15.2 Å². The lowest BCUT2D eigenvalue weighted by Crippen LogP contribution is -2.59. The Bertz CT molecular complexity index is 1600. The number of carbonyl (C=O) groups excluding carboxylic acids is 1. The molecule has 0 atom stereocenters. The van der Waals surface area contributed by atoms with Crippen molar-refractivity contribution in [2.75, 3.05) is 18.8 Å². The topological polar surface area (TPSA) is 121 Å². The molecule has 10 heteroatoms. The van der Waals surface area contributed by atoms with Crippen molar-refractivity contribution < 1.29 is 14.3 Å². The summed E-state index contributed by atoms with van der Waals surface area (Å²) in [4.78, 5) is 31.5. The van der Waals surface area contributed by atoms with Crippen molar-refractivity contribution >= 4 is 28.5 Å². The average Bonchev–Trinajstić information content (AvgIpc) is 3.21. The Kier molecular flexibility index (Phi) is 6.20. The molecular formula is C30H33N7O3. The van der Waals surface area contributed by atoms with Crippen LogP contribution in [0.25, 0.3) is 27.7 Å².